The molecule has 94 valence electrons. The summed E-state index contributed by atoms with van der Waals surface area (Å²) in [7, 11) is 1.49. The summed E-state index contributed by atoms with van der Waals surface area (Å²) >= 11 is 0. The first-order valence-electron chi connectivity index (χ1n) is 5.45. The second-order valence-electron chi connectivity index (χ2n) is 4.56. The summed E-state index contributed by atoms with van der Waals surface area (Å²) in [5.41, 5.74) is -1.07. The predicted octanol–water partition coefficient (Wildman–Crippen LogP) is 2.54. The zero-order chi connectivity index (χ0) is 12.7. The van der Waals surface area contributed by atoms with Crippen LogP contribution >= 0.6 is 0 Å². The Morgan fingerprint density at radius 3 is 2.35 bits per heavy atom. The summed E-state index contributed by atoms with van der Waals surface area (Å²) in [6, 6.07) is 8.92. The Kier molecular flexibility index (Phi) is 2.91. The van der Waals surface area contributed by atoms with Crippen LogP contribution in [-0.4, -0.2) is 30.3 Å². The molecule has 5 heteroatoms. The van der Waals surface area contributed by atoms with E-state index in [4.69, 9.17) is 0 Å². The minimum absolute atomic E-state index is 0.284. The standard InChI is InChI=1S/C12H15F3N2/c1-11(12(13,14)15)16-10(8-17(11)2)9-6-4-3-5-7-9/h3-7,10,16H,8H2,1-2H3/t10-,11-/m1/s1. The number of hydrogen-bond acceptors (Lipinski definition) is 2. The van der Waals surface area contributed by atoms with E-state index >= 15 is 0 Å². The number of nitrogens with one attached hydrogen (secondary N) is 1. The summed E-state index contributed by atoms with van der Waals surface area (Å²) < 4.78 is 38.9. The van der Waals surface area contributed by atoms with Crippen molar-refractivity contribution in [1.29, 1.82) is 0 Å². The Bertz CT molecular complexity index is 390. The van der Waals surface area contributed by atoms with Crippen LogP contribution < -0.4 is 5.32 Å². The quantitative estimate of drug-likeness (QED) is 0.816. The van der Waals surface area contributed by atoms with E-state index in [1.165, 1.54) is 18.9 Å². The van der Waals surface area contributed by atoms with E-state index < -0.39 is 11.8 Å². The normalized spacial score (nSPS) is 30.8. The van der Waals surface area contributed by atoms with Crippen LogP contribution in [0.1, 0.15) is 18.5 Å². The number of rotatable bonds is 1. The molecular formula is C12H15F3N2. The van der Waals surface area contributed by atoms with Crippen LogP contribution in [0.5, 0.6) is 0 Å². The lowest BCUT2D eigenvalue weighted by atomic mass is 10.1. The first kappa shape index (κ1) is 12.4. The monoisotopic (exact) mass is 244 g/mol. The van der Waals surface area contributed by atoms with Crippen molar-refractivity contribution in [1.82, 2.24) is 10.2 Å². The van der Waals surface area contributed by atoms with E-state index in [1.807, 2.05) is 30.3 Å². The molecule has 0 unspecified atom stereocenters. The highest BCUT2D eigenvalue weighted by Gasteiger charge is 2.58. The Morgan fingerprint density at radius 2 is 1.88 bits per heavy atom. The zero-order valence-electron chi connectivity index (χ0n) is 9.75. The molecule has 0 amide bonds. The highest BCUT2D eigenvalue weighted by Crippen LogP contribution is 2.39. The smallest absolute Gasteiger partial charge is 0.284 e. The molecule has 0 spiro atoms. The van der Waals surface area contributed by atoms with Crippen molar-refractivity contribution in [3.8, 4) is 0 Å². The molecular weight excluding hydrogens is 229 g/mol. The molecule has 1 fully saturated rings. The molecule has 17 heavy (non-hydrogen) atoms. The van der Waals surface area contributed by atoms with Crippen LogP contribution in [0.2, 0.25) is 0 Å². The summed E-state index contributed by atoms with van der Waals surface area (Å²) in [6.45, 7) is 1.52. The van der Waals surface area contributed by atoms with Gasteiger partial charge in [-0.1, -0.05) is 30.3 Å². The lowest BCUT2D eigenvalue weighted by molar-refractivity contribution is -0.221. The van der Waals surface area contributed by atoms with E-state index in [1.54, 1.807) is 0 Å². The first-order valence-corrected chi connectivity index (χ1v) is 5.45. The summed E-state index contributed by atoms with van der Waals surface area (Å²) in [6.07, 6.45) is -4.29. The fraction of sp³-hybridized carbons (Fsp3) is 0.500. The molecule has 1 saturated heterocycles. The van der Waals surface area contributed by atoms with Crippen LogP contribution in [-0.2, 0) is 0 Å². The van der Waals surface area contributed by atoms with Crippen LogP contribution in [0.25, 0.3) is 0 Å². The van der Waals surface area contributed by atoms with Gasteiger partial charge in [0.25, 0.3) is 0 Å². The second-order valence-corrected chi connectivity index (χ2v) is 4.56. The molecule has 0 aromatic heterocycles. The van der Waals surface area contributed by atoms with Gasteiger partial charge in [0, 0.05) is 12.6 Å². The van der Waals surface area contributed by atoms with Crippen molar-refractivity contribution in [3.05, 3.63) is 35.9 Å². The van der Waals surface area contributed by atoms with Gasteiger partial charge in [-0.05, 0) is 19.5 Å². The molecule has 2 rings (SSSR count). The van der Waals surface area contributed by atoms with E-state index in [-0.39, 0.29) is 6.04 Å². The topological polar surface area (TPSA) is 15.3 Å². The van der Waals surface area contributed by atoms with Crippen molar-refractivity contribution >= 4 is 0 Å². The molecule has 1 aliphatic heterocycles. The van der Waals surface area contributed by atoms with Crippen molar-refractivity contribution in [3.63, 3.8) is 0 Å². The number of hydrogen-bond donors (Lipinski definition) is 1. The average molecular weight is 244 g/mol. The van der Waals surface area contributed by atoms with Crippen molar-refractivity contribution in [2.24, 2.45) is 0 Å². The van der Waals surface area contributed by atoms with Crippen LogP contribution in [0.4, 0.5) is 13.2 Å². The Hall–Kier alpha value is -1.07. The van der Waals surface area contributed by atoms with E-state index in [2.05, 4.69) is 5.32 Å². The van der Waals surface area contributed by atoms with Gasteiger partial charge in [0.2, 0.25) is 0 Å². The van der Waals surface area contributed by atoms with E-state index in [9.17, 15) is 13.2 Å². The summed E-state index contributed by atoms with van der Waals surface area (Å²) in [4.78, 5) is 1.31. The third-order valence-electron chi connectivity index (χ3n) is 3.43. The minimum atomic E-state index is -4.29. The number of nitrogens with zero attached hydrogens (tertiary/aromatic N) is 1. The third-order valence-corrected chi connectivity index (χ3v) is 3.43. The van der Waals surface area contributed by atoms with Crippen molar-refractivity contribution in [2.75, 3.05) is 13.6 Å². The zero-order valence-corrected chi connectivity index (χ0v) is 9.75. The molecule has 0 saturated carbocycles. The van der Waals surface area contributed by atoms with Crippen LogP contribution in [0, 0.1) is 0 Å². The predicted molar refractivity (Wildman–Crippen MR) is 59.4 cm³/mol. The van der Waals surface area contributed by atoms with Gasteiger partial charge in [0.05, 0.1) is 0 Å². The Labute approximate surface area is 98.4 Å². The molecule has 2 nitrogen and oxygen atoms in total. The molecule has 1 aliphatic rings. The Balaban J connectivity index is 2.24. The first-order chi connectivity index (χ1) is 7.84. The fourth-order valence-electron chi connectivity index (χ4n) is 2.12. The lowest BCUT2D eigenvalue weighted by Crippen LogP contribution is -2.58. The molecule has 1 heterocycles. The van der Waals surface area contributed by atoms with Crippen LogP contribution in [0.15, 0.2) is 30.3 Å². The molecule has 1 aromatic carbocycles. The maximum absolute atomic E-state index is 13.0. The van der Waals surface area contributed by atoms with Gasteiger partial charge in [-0.2, -0.15) is 13.2 Å². The summed E-state index contributed by atoms with van der Waals surface area (Å²) in [5, 5.41) is 2.67. The SMILES string of the molecule is CN1C[C@H](c2ccccc2)N[C@@]1(C)C(F)(F)F. The number of benzene rings is 1. The highest BCUT2D eigenvalue weighted by atomic mass is 19.4. The van der Waals surface area contributed by atoms with E-state index in [0.29, 0.717) is 6.54 Å². The molecule has 0 radical (unpaired) electrons. The maximum atomic E-state index is 13.0. The molecule has 1 aromatic rings. The number of alkyl halides is 3. The lowest BCUT2D eigenvalue weighted by Gasteiger charge is -2.34. The molecule has 2 atom stereocenters. The van der Waals surface area contributed by atoms with Crippen LogP contribution in [0.3, 0.4) is 0 Å². The third kappa shape index (κ3) is 2.05. The molecule has 1 N–H and O–H groups in total. The van der Waals surface area contributed by atoms with Gasteiger partial charge >= 0.3 is 6.18 Å². The van der Waals surface area contributed by atoms with Gasteiger partial charge in [0.1, 0.15) is 0 Å². The van der Waals surface area contributed by atoms with Gasteiger partial charge < -0.3 is 0 Å². The maximum Gasteiger partial charge on any atom is 0.419 e. The molecule has 0 aliphatic carbocycles. The van der Waals surface area contributed by atoms with Crippen molar-refractivity contribution < 1.29 is 13.2 Å². The van der Waals surface area contributed by atoms with Gasteiger partial charge in [-0.25, -0.2) is 0 Å². The number of halogens is 3. The Morgan fingerprint density at radius 1 is 1.29 bits per heavy atom. The average Bonchev–Trinajstić information content (AvgIpc) is 2.57. The highest BCUT2D eigenvalue weighted by molar-refractivity contribution is 5.22. The van der Waals surface area contributed by atoms with E-state index in [0.717, 1.165) is 5.56 Å². The number of likely N-dealkylation sites (N-methyl/N-ethyl adjacent to an activating group) is 1. The minimum Gasteiger partial charge on any atom is -0.284 e. The molecule has 0 bridgehead atoms. The van der Waals surface area contributed by atoms with Gasteiger partial charge in [0.15, 0.2) is 5.66 Å². The largest absolute Gasteiger partial charge is 0.419 e. The van der Waals surface area contributed by atoms with Crippen molar-refractivity contribution in [2.45, 2.75) is 24.8 Å². The fourth-order valence-corrected chi connectivity index (χ4v) is 2.12. The van der Waals surface area contributed by atoms with Gasteiger partial charge in [-0.15, -0.1) is 0 Å². The summed E-state index contributed by atoms with van der Waals surface area (Å²) in [5.74, 6) is 0. The van der Waals surface area contributed by atoms with Gasteiger partial charge in [-0.3, -0.25) is 10.2 Å². The second kappa shape index (κ2) is 3.99.